The molecule has 0 aliphatic rings. The number of amides is 2. The Morgan fingerprint density at radius 3 is 2.72 bits per heavy atom. The molecule has 0 aliphatic heterocycles. The van der Waals surface area contributed by atoms with E-state index in [0.29, 0.717) is 17.8 Å². The van der Waals surface area contributed by atoms with E-state index in [0.717, 1.165) is 0 Å². The van der Waals surface area contributed by atoms with Crippen LogP contribution in [-0.2, 0) is 0 Å². The third kappa shape index (κ3) is 4.55. The maximum atomic E-state index is 11.5. The van der Waals surface area contributed by atoms with Gasteiger partial charge >= 0.3 is 6.03 Å². The van der Waals surface area contributed by atoms with Gasteiger partial charge in [-0.1, -0.05) is 19.1 Å². The van der Waals surface area contributed by atoms with E-state index >= 15 is 0 Å². The molecule has 5 heteroatoms. The standard InChI is InChI=1S/C13H18N2O3/c1-9(8-16)7-14-13(18)15-12-5-3-4-11(6-12)10(2)17/h3-6,9,16H,7-8H2,1-2H3,(H2,14,15,18)/t9-/m1/s1. The van der Waals surface area contributed by atoms with Crippen LogP contribution in [0.1, 0.15) is 24.2 Å². The molecule has 2 amide bonds. The SMILES string of the molecule is CC(=O)c1cccc(NC(=O)NC[C@@H](C)CO)c1. The molecule has 5 nitrogen and oxygen atoms in total. The van der Waals surface area contributed by atoms with E-state index in [1.165, 1.54) is 6.92 Å². The second-order valence-electron chi connectivity index (χ2n) is 4.26. The van der Waals surface area contributed by atoms with Crippen molar-refractivity contribution in [1.82, 2.24) is 5.32 Å². The average molecular weight is 250 g/mol. The van der Waals surface area contributed by atoms with Crippen molar-refractivity contribution in [3.05, 3.63) is 29.8 Å². The summed E-state index contributed by atoms with van der Waals surface area (Å²) < 4.78 is 0. The Hall–Kier alpha value is -1.88. The fraction of sp³-hybridized carbons (Fsp3) is 0.385. The smallest absolute Gasteiger partial charge is 0.319 e. The fourth-order valence-corrected chi connectivity index (χ4v) is 1.32. The van der Waals surface area contributed by atoms with Gasteiger partial charge in [-0.3, -0.25) is 4.79 Å². The zero-order valence-electron chi connectivity index (χ0n) is 10.6. The number of ketones is 1. The van der Waals surface area contributed by atoms with Crippen molar-refractivity contribution in [3.8, 4) is 0 Å². The molecular weight excluding hydrogens is 232 g/mol. The first-order chi connectivity index (χ1) is 8.52. The fourth-order valence-electron chi connectivity index (χ4n) is 1.32. The van der Waals surface area contributed by atoms with Crippen LogP contribution < -0.4 is 10.6 Å². The Bertz CT molecular complexity index is 432. The lowest BCUT2D eigenvalue weighted by molar-refractivity contribution is 0.101. The van der Waals surface area contributed by atoms with E-state index in [1.807, 2.05) is 6.92 Å². The zero-order valence-corrected chi connectivity index (χ0v) is 10.6. The number of anilines is 1. The minimum atomic E-state index is -0.351. The highest BCUT2D eigenvalue weighted by Crippen LogP contribution is 2.10. The predicted octanol–water partition coefficient (Wildman–Crippen LogP) is 1.64. The van der Waals surface area contributed by atoms with E-state index in [9.17, 15) is 9.59 Å². The largest absolute Gasteiger partial charge is 0.396 e. The van der Waals surface area contributed by atoms with E-state index in [1.54, 1.807) is 24.3 Å². The van der Waals surface area contributed by atoms with Gasteiger partial charge in [0.05, 0.1) is 0 Å². The summed E-state index contributed by atoms with van der Waals surface area (Å²) in [5, 5.41) is 14.1. The molecule has 0 spiro atoms. The van der Waals surface area contributed by atoms with Crippen molar-refractivity contribution < 1.29 is 14.7 Å². The summed E-state index contributed by atoms with van der Waals surface area (Å²) in [5.74, 6) is -0.0349. The predicted molar refractivity (Wildman–Crippen MR) is 69.7 cm³/mol. The zero-order chi connectivity index (χ0) is 13.5. The van der Waals surface area contributed by atoms with Crippen LogP contribution in [0.4, 0.5) is 10.5 Å². The third-order valence-corrected chi connectivity index (χ3v) is 2.45. The number of urea groups is 1. The molecule has 0 unspecified atom stereocenters. The van der Waals surface area contributed by atoms with Crippen LogP contribution in [0.5, 0.6) is 0 Å². The lowest BCUT2D eigenvalue weighted by Gasteiger charge is -2.11. The first kappa shape index (κ1) is 14.2. The normalized spacial score (nSPS) is 11.7. The number of hydrogen-bond acceptors (Lipinski definition) is 3. The lowest BCUT2D eigenvalue weighted by atomic mass is 10.1. The van der Waals surface area contributed by atoms with Gasteiger partial charge in [-0.2, -0.15) is 0 Å². The van der Waals surface area contributed by atoms with Gasteiger partial charge in [0.25, 0.3) is 0 Å². The van der Waals surface area contributed by atoms with Crippen molar-refractivity contribution in [3.63, 3.8) is 0 Å². The molecule has 1 rings (SSSR count). The maximum absolute atomic E-state index is 11.5. The van der Waals surface area contributed by atoms with E-state index in [2.05, 4.69) is 10.6 Å². The van der Waals surface area contributed by atoms with Gasteiger partial charge in [0.2, 0.25) is 0 Å². The van der Waals surface area contributed by atoms with Crippen molar-refractivity contribution in [2.45, 2.75) is 13.8 Å². The molecule has 1 aromatic carbocycles. The monoisotopic (exact) mass is 250 g/mol. The van der Waals surface area contributed by atoms with Gasteiger partial charge < -0.3 is 15.7 Å². The second-order valence-corrected chi connectivity index (χ2v) is 4.26. The van der Waals surface area contributed by atoms with Crippen molar-refractivity contribution in [1.29, 1.82) is 0 Å². The van der Waals surface area contributed by atoms with Gasteiger partial charge in [0, 0.05) is 24.4 Å². The molecule has 0 radical (unpaired) electrons. The second kappa shape index (κ2) is 6.76. The summed E-state index contributed by atoms with van der Waals surface area (Å²) >= 11 is 0. The van der Waals surface area contributed by atoms with Crippen LogP contribution in [0.2, 0.25) is 0 Å². The Morgan fingerprint density at radius 1 is 1.39 bits per heavy atom. The maximum Gasteiger partial charge on any atom is 0.319 e. The number of rotatable bonds is 5. The van der Waals surface area contributed by atoms with E-state index in [-0.39, 0.29) is 24.3 Å². The number of Topliss-reactive ketones (excluding diaryl/α,β-unsaturated/α-hetero) is 1. The summed E-state index contributed by atoms with van der Waals surface area (Å²) in [7, 11) is 0. The lowest BCUT2D eigenvalue weighted by Crippen LogP contribution is -2.33. The summed E-state index contributed by atoms with van der Waals surface area (Å²) in [6.45, 7) is 3.73. The molecule has 3 N–H and O–H groups in total. The van der Waals surface area contributed by atoms with Gasteiger partial charge in [-0.05, 0) is 25.0 Å². The molecule has 0 bridgehead atoms. The van der Waals surface area contributed by atoms with Gasteiger partial charge in [-0.25, -0.2) is 4.79 Å². The molecule has 18 heavy (non-hydrogen) atoms. The Balaban J connectivity index is 2.54. The minimum Gasteiger partial charge on any atom is -0.396 e. The summed E-state index contributed by atoms with van der Waals surface area (Å²) in [4.78, 5) is 22.7. The van der Waals surface area contributed by atoms with Gasteiger partial charge in [0.15, 0.2) is 5.78 Å². The Labute approximate surface area is 106 Å². The van der Waals surface area contributed by atoms with Crippen LogP contribution in [0.3, 0.4) is 0 Å². The number of hydrogen-bond donors (Lipinski definition) is 3. The highest BCUT2D eigenvalue weighted by molar-refractivity contribution is 5.96. The third-order valence-electron chi connectivity index (χ3n) is 2.45. The number of aliphatic hydroxyl groups excluding tert-OH is 1. The quantitative estimate of drug-likeness (QED) is 0.695. The topological polar surface area (TPSA) is 78.4 Å². The molecule has 0 saturated heterocycles. The Kier molecular flexibility index (Phi) is 5.32. The molecule has 0 aliphatic carbocycles. The summed E-state index contributed by atoms with van der Waals surface area (Å²) in [5.41, 5.74) is 1.12. The number of nitrogens with one attached hydrogen (secondary N) is 2. The molecule has 1 atom stereocenters. The Morgan fingerprint density at radius 2 is 2.11 bits per heavy atom. The summed E-state index contributed by atoms with van der Waals surface area (Å²) in [6.07, 6.45) is 0. The van der Waals surface area contributed by atoms with Gasteiger partial charge in [0.1, 0.15) is 0 Å². The molecule has 0 aromatic heterocycles. The average Bonchev–Trinajstić information content (AvgIpc) is 2.36. The minimum absolute atomic E-state index is 0.0132. The molecular formula is C13H18N2O3. The highest BCUT2D eigenvalue weighted by Gasteiger charge is 2.06. The van der Waals surface area contributed by atoms with Crippen LogP contribution in [0.25, 0.3) is 0 Å². The number of benzene rings is 1. The highest BCUT2D eigenvalue weighted by atomic mass is 16.3. The molecule has 98 valence electrons. The van der Waals surface area contributed by atoms with Gasteiger partial charge in [-0.15, -0.1) is 0 Å². The van der Waals surface area contributed by atoms with E-state index in [4.69, 9.17) is 5.11 Å². The number of carbonyl (C=O) groups is 2. The molecule has 0 fully saturated rings. The van der Waals surface area contributed by atoms with Crippen molar-refractivity contribution in [2.75, 3.05) is 18.5 Å². The number of aliphatic hydroxyl groups is 1. The molecule has 0 heterocycles. The van der Waals surface area contributed by atoms with Crippen molar-refractivity contribution >= 4 is 17.5 Å². The first-order valence-electron chi connectivity index (χ1n) is 5.79. The number of carbonyl (C=O) groups excluding carboxylic acids is 2. The molecule has 0 saturated carbocycles. The van der Waals surface area contributed by atoms with Crippen LogP contribution in [0.15, 0.2) is 24.3 Å². The van der Waals surface area contributed by atoms with Crippen LogP contribution in [0, 0.1) is 5.92 Å². The van der Waals surface area contributed by atoms with Crippen LogP contribution >= 0.6 is 0 Å². The first-order valence-corrected chi connectivity index (χ1v) is 5.79. The molecule has 1 aromatic rings. The summed E-state index contributed by atoms with van der Waals surface area (Å²) in [6, 6.07) is 6.39. The van der Waals surface area contributed by atoms with E-state index < -0.39 is 0 Å². The van der Waals surface area contributed by atoms with Crippen LogP contribution in [-0.4, -0.2) is 30.1 Å². The van der Waals surface area contributed by atoms with Crippen molar-refractivity contribution in [2.24, 2.45) is 5.92 Å².